The van der Waals surface area contributed by atoms with Crippen LogP contribution in [0.5, 0.6) is 0 Å². The predicted octanol–water partition coefficient (Wildman–Crippen LogP) is 7.09. The molecule has 4 aromatic rings. The first-order chi connectivity index (χ1) is 19.0. The zero-order chi connectivity index (χ0) is 27.0. The van der Waals surface area contributed by atoms with Crippen molar-refractivity contribution in [2.45, 2.75) is 68.2 Å². The summed E-state index contributed by atoms with van der Waals surface area (Å²) in [5.74, 6) is -0.126. The van der Waals surface area contributed by atoms with Gasteiger partial charge in [-0.05, 0) is 62.4 Å². The molecular weight excluding hydrogens is 502 g/mol. The van der Waals surface area contributed by atoms with Crippen molar-refractivity contribution in [3.8, 4) is 16.9 Å². The first-order valence-corrected chi connectivity index (χ1v) is 14.7. The van der Waals surface area contributed by atoms with Crippen LogP contribution in [-0.4, -0.2) is 20.7 Å². The number of fused-ring (bicyclic) bond motifs is 4. The molecule has 1 saturated carbocycles. The molecule has 6 rings (SSSR count). The molecule has 2 aliphatic rings. The standard InChI is InChI=1S/C33H33N3O2S/c1-22-13-7-10-18-27(22)36-31(38)28-29(26-17-9-8-14-24(26)21-33(28)19-11-4-12-20-33)35-32(36)39-23(2)30(37)34-25-15-5-3-6-16-25/h3,5-10,13-18,23H,4,11-12,19-21H2,1-2H3,(H,34,37). The van der Waals surface area contributed by atoms with Gasteiger partial charge in [0.1, 0.15) is 0 Å². The normalized spacial score (nSPS) is 16.3. The number of aromatic nitrogens is 2. The minimum Gasteiger partial charge on any atom is -0.325 e. The lowest BCUT2D eigenvalue weighted by Crippen LogP contribution is -2.43. The van der Waals surface area contributed by atoms with Crippen LogP contribution in [0, 0.1) is 6.92 Å². The number of rotatable bonds is 5. The molecule has 1 heterocycles. The van der Waals surface area contributed by atoms with Gasteiger partial charge in [0.25, 0.3) is 5.56 Å². The number of hydrogen-bond donors (Lipinski definition) is 1. The average Bonchev–Trinajstić information content (AvgIpc) is 2.95. The molecule has 198 valence electrons. The molecular formula is C33H33N3O2S. The fraction of sp³-hybridized carbons (Fsp3) is 0.303. The third kappa shape index (κ3) is 4.71. The highest BCUT2D eigenvalue weighted by molar-refractivity contribution is 8.00. The van der Waals surface area contributed by atoms with Gasteiger partial charge in [-0.25, -0.2) is 4.98 Å². The Bertz CT molecular complexity index is 1590. The molecule has 3 aromatic carbocycles. The molecule has 1 amide bonds. The van der Waals surface area contributed by atoms with Crippen LogP contribution >= 0.6 is 11.8 Å². The van der Waals surface area contributed by atoms with E-state index in [9.17, 15) is 9.59 Å². The summed E-state index contributed by atoms with van der Waals surface area (Å²) in [5.41, 5.74) is 6.33. The molecule has 1 unspecified atom stereocenters. The smallest absolute Gasteiger partial charge is 0.263 e. The minimum atomic E-state index is -0.465. The van der Waals surface area contributed by atoms with Gasteiger partial charge in [-0.2, -0.15) is 0 Å². The third-order valence-electron chi connectivity index (χ3n) is 8.24. The summed E-state index contributed by atoms with van der Waals surface area (Å²) in [5, 5.41) is 3.08. The van der Waals surface area contributed by atoms with Gasteiger partial charge < -0.3 is 5.32 Å². The van der Waals surface area contributed by atoms with Crippen molar-refractivity contribution in [3.05, 3.63) is 106 Å². The van der Waals surface area contributed by atoms with E-state index in [1.54, 1.807) is 4.57 Å². The lowest BCUT2D eigenvalue weighted by Gasteiger charge is -2.42. The molecule has 5 nitrogen and oxygen atoms in total. The summed E-state index contributed by atoms with van der Waals surface area (Å²) in [4.78, 5) is 33.2. The number of nitrogens with zero attached hydrogens (tertiary/aromatic N) is 2. The Morgan fingerprint density at radius 3 is 2.41 bits per heavy atom. The summed E-state index contributed by atoms with van der Waals surface area (Å²) in [7, 11) is 0. The van der Waals surface area contributed by atoms with E-state index in [0.29, 0.717) is 5.16 Å². The zero-order valence-electron chi connectivity index (χ0n) is 22.4. The van der Waals surface area contributed by atoms with Crippen LogP contribution in [0.3, 0.4) is 0 Å². The number of benzene rings is 3. The first kappa shape index (κ1) is 25.6. The van der Waals surface area contributed by atoms with Crippen LogP contribution in [0.15, 0.2) is 88.8 Å². The van der Waals surface area contributed by atoms with Crippen molar-refractivity contribution < 1.29 is 4.79 Å². The number of thioether (sulfide) groups is 1. The quantitative estimate of drug-likeness (QED) is 0.219. The summed E-state index contributed by atoms with van der Waals surface area (Å²) in [6, 6.07) is 25.8. The highest BCUT2D eigenvalue weighted by Crippen LogP contribution is 2.49. The van der Waals surface area contributed by atoms with Crippen LogP contribution in [0.1, 0.15) is 55.7 Å². The van der Waals surface area contributed by atoms with Gasteiger partial charge in [-0.3, -0.25) is 14.2 Å². The number of nitrogens with one attached hydrogen (secondary N) is 1. The Labute approximate surface area is 233 Å². The number of amides is 1. The van der Waals surface area contributed by atoms with Gasteiger partial charge in [0.2, 0.25) is 5.91 Å². The van der Waals surface area contributed by atoms with Gasteiger partial charge in [0.15, 0.2) is 5.16 Å². The van der Waals surface area contributed by atoms with Crippen LogP contribution in [0.4, 0.5) is 5.69 Å². The Morgan fingerprint density at radius 2 is 1.64 bits per heavy atom. The lowest BCUT2D eigenvalue weighted by atomic mass is 9.62. The number of anilines is 1. The van der Waals surface area contributed by atoms with Crippen LogP contribution in [0.2, 0.25) is 0 Å². The second kappa shape index (κ2) is 10.5. The van der Waals surface area contributed by atoms with Crippen molar-refractivity contribution in [2.24, 2.45) is 0 Å². The predicted molar refractivity (Wildman–Crippen MR) is 159 cm³/mol. The van der Waals surface area contributed by atoms with Gasteiger partial charge in [-0.15, -0.1) is 0 Å². The van der Waals surface area contributed by atoms with Crippen molar-refractivity contribution in [2.75, 3.05) is 5.32 Å². The van der Waals surface area contributed by atoms with E-state index in [2.05, 4.69) is 23.5 Å². The molecule has 0 aliphatic heterocycles. The maximum absolute atomic E-state index is 14.7. The fourth-order valence-electron chi connectivity index (χ4n) is 6.27. The van der Waals surface area contributed by atoms with Crippen LogP contribution < -0.4 is 10.9 Å². The second-order valence-electron chi connectivity index (χ2n) is 10.8. The van der Waals surface area contributed by atoms with E-state index in [1.165, 1.54) is 23.7 Å². The maximum atomic E-state index is 14.7. The second-order valence-corrected chi connectivity index (χ2v) is 12.1. The number of hydrogen-bond acceptors (Lipinski definition) is 4. The molecule has 6 heteroatoms. The van der Waals surface area contributed by atoms with E-state index >= 15 is 0 Å². The average molecular weight is 536 g/mol. The van der Waals surface area contributed by atoms with Crippen LogP contribution in [-0.2, 0) is 16.6 Å². The molecule has 1 N–H and O–H groups in total. The van der Waals surface area contributed by atoms with Crippen molar-refractivity contribution in [1.82, 2.24) is 9.55 Å². The van der Waals surface area contributed by atoms with Crippen molar-refractivity contribution in [1.29, 1.82) is 0 Å². The van der Waals surface area contributed by atoms with Crippen molar-refractivity contribution in [3.63, 3.8) is 0 Å². The first-order valence-electron chi connectivity index (χ1n) is 13.8. The van der Waals surface area contributed by atoms with Crippen molar-refractivity contribution >= 4 is 23.4 Å². The van der Waals surface area contributed by atoms with Crippen LogP contribution in [0.25, 0.3) is 16.9 Å². The van der Waals surface area contributed by atoms with Gasteiger partial charge in [0, 0.05) is 16.7 Å². The third-order valence-corrected chi connectivity index (χ3v) is 9.30. The molecule has 1 fully saturated rings. The molecule has 0 bridgehead atoms. The Balaban J connectivity index is 1.52. The van der Waals surface area contributed by atoms with E-state index < -0.39 is 5.25 Å². The molecule has 1 spiro atoms. The highest BCUT2D eigenvalue weighted by atomic mass is 32.2. The van der Waals surface area contributed by atoms with E-state index in [4.69, 9.17) is 4.98 Å². The maximum Gasteiger partial charge on any atom is 0.263 e. The molecule has 1 atom stereocenters. The van der Waals surface area contributed by atoms with Gasteiger partial charge in [-0.1, -0.05) is 91.7 Å². The monoisotopic (exact) mass is 535 g/mol. The summed E-state index contributed by atoms with van der Waals surface area (Å²) in [6.07, 6.45) is 6.34. The molecule has 39 heavy (non-hydrogen) atoms. The molecule has 2 aliphatic carbocycles. The van der Waals surface area contributed by atoms with E-state index in [1.807, 2.05) is 74.5 Å². The topological polar surface area (TPSA) is 64.0 Å². The number of carbonyl (C=O) groups excluding carboxylic acids is 1. The Morgan fingerprint density at radius 1 is 0.949 bits per heavy atom. The van der Waals surface area contributed by atoms with E-state index in [-0.39, 0.29) is 16.9 Å². The summed E-state index contributed by atoms with van der Waals surface area (Å²) < 4.78 is 1.77. The number of carbonyl (C=O) groups is 1. The molecule has 0 saturated heterocycles. The number of para-hydroxylation sites is 2. The van der Waals surface area contributed by atoms with Gasteiger partial charge in [0.05, 0.1) is 22.2 Å². The highest BCUT2D eigenvalue weighted by Gasteiger charge is 2.43. The Hall–Kier alpha value is -3.64. The fourth-order valence-corrected chi connectivity index (χ4v) is 7.18. The van der Waals surface area contributed by atoms with E-state index in [0.717, 1.165) is 65.9 Å². The SMILES string of the molecule is Cc1ccccc1-n1c(SC(C)C(=O)Nc2ccccc2)nc2c(c1=O)C1(CCCCC1)Cc1ccccc1-2. The minimum absolute atomic E-state index is 0.00358. The number of aryl methyl sites for hydroxylation is 1. The molecule has 1 aromatic heterocycles. The summed E-state index contributed by atoms with van der Waals surface area (Å²) in [6.45, 7) is 3.89. The Kier molecular flexibility index (Phi) is 6.90. The van der Waals surface area contributed by atoms with Gasteiger partial charge >= 0.3 is 0 Å². The lowest BCUT2D eigenvalue weighted by molar-refractivity contribution is -0.115. The zero-order valence-corrected chi connectivity index (χ0v) is 23.3. The largest absolute Gasteiger partial charge is 0.325 e. The summed E-state index contributed by atoms with van der Waals surface area (Å²) >= 11 is 1.34. The molecule has 0 radical (unpaired) electrons.